The quantitative estimate of drug-likeness (QED) is 0.853. The second-order valence-corrected chi connectivity index (χ2v) is 7.18. The monoisotopic (exact) mass is 367 g/mol. The van der Waals surface area contributed by atoms with Gasteiger partial charge in [-0.1, -0.05) is 30.3 Å². The zero-order valence-electron chi connectivity index (χ0n) is 15.8. The smallest absolute Gasteiger partial charge is 0.258 e. The topological polar surface area (TPSA) is 101 Å². The van der Waals surface area contributed by atoms with E-state index in [9.17, 15) is 9.59 Å². The fourth-order valence-electron chi connectivity index (χ4n) is 3.32. The van der Waals surface area contributed by atoms with E-state index in [2.05, 4.69) is 15.3 Å². The number of nitrogens with two attached hydrogens (primary N) is 1. The zero-order valence-corrected chi connectivity index (χ0v) is 15.8. The van der Waals surface area contributed by atoms with E-state index in [0.717, 1.165) is 5.56 Å². The summed E-state index contributed by atoms with van der Waals surface area (Å²) in [7, 11) is 0. The van der Waals surface area contributed by atoms with Crippen molar-refractivity contribution in [1.82, 2.24) is 20.2 Å². The Morgan fingerprint density at radius 1 is 1.26 bits per heavy atom. The van der Waals surface area contributed by atoms with Gasteiger partial charge in [0, 0.05) is 30.4 Å². The summed E-state index contributed by atoms with van der Waals surface area (Å²) in [6, 6.07) is 8.67. The first-order valence-corrected chi connectivity index (χ1v) is 9.12. The molecule has 0 bridgehead atoms. The third kappa shape index (κ3) is 4.14. The summed E-state index contributed by atoms with van der Waals surface area (Å²) >= 11 is 0. The molecule has 1 aromatic carbocycles. The molecule has 2 amide bonds. The SMILES string of the molecule is Cc1ncc(C(=O)N2CC(N)CC2C(=O)NC(C)C)c(-c2ccccc2)n1. The summed E-state index contributed by atoms with van der Waals surface area (Å²) in [4.78, 5) is 36.1. The summed E-state index contributed by atoms with van der Waals surface area (Å²) in [5, 5.41) is 2.88. The lowest BCUT2D eigenvalue weighted by Crippen LogP contribution is -2.47. The molecule has 7 nitrogen and oxygen atoms in total. The number of hydrogen-bond acceptors (Lipinski definition) is 5. The van der Waals surface area contributed by atoms with E-state index in [1.165, 1.54) is 6.20 Å². The van der Waals surface area contributed by atoms with E-state index in [1.54, 1.807) is 11.8 Å². The van der Waals surface area contributed by atoms with E-state index in [1.807, 2.05) is 44.2 Å². The molecule has 142 valence electrons. The lowest BCUT2D eigenvalue weighted by atomic mass is 10.1. The highest BCUT2D eigenvalue weighted by atomic mass is 16.2. The van der Waals surface area contributed by atoms with Gasteiger partial charge in [-0.2, -0.15) is 0 Å². The van der Waals surface area contributed by atoms with Gasteiger partial charge in [0.1, 0.15) is 11.9 Å². The van der Waals surface area contributed by atoms with Gasteiger partial charge in [0.05, 0.1) is 11.3 Å². The van der Waals surface area contributed by atoms with Crippen LogP contribution in [-0.2, 0) is 4.79 Å². The largest absolute Gasteiger partial charge is 0.352 e. The Bertz CT molecular complexity index is 838. The molecule has 3 rings (SSSR count). The number of amides is 2. The highest BCUT2D eigenvalue weighted by Gasteiger charge is 2.39. The normalized spacial score (nSPS) is 19.4. The van der Waals surface area contributed by atoms with Crippen molar-refractivity contribution in [2.75, 3.05) is 6.54 Å². The van der Waals surface area contributed by atoms with Crippen LogP contribution in [0.15, 0.2) is 36.5 Å². The number of nitrogens with one attached hydrogen (secondary N) is 1. The lowest BCUT2D eigenvalue weighted by Gasteiger charge is -2.25. The maximum Gasteiger partial charge on any atom is 0.258 e. The zero-order chi connectivity index (χ0) is 19.6. The first-order valence-electron chi connectivity index (χ1n) is 9.12. The molecule has 2 heterocycles. The van der Waals surface area contributed by atoms with Crippen molar-refractivity contribution in [1.29, 1.82) is 0 Å². The fraction of sp³-hybridized carbons (Fsp3) is 0.400. The third-order valence-electron chi connectivity index (χ3n) is 4.51. The van der Waals surface area contributed by atoms with E-state index in [-0.39, 0.29) is 23.9 Å². The molecule has 2 unspecified atom stereocenters. The van der Waals surface area contributed by atoms with Crippen LogP contribution in [0.4, 0.5) is 0 Å². The second kappa shape index (κ2) is 7.84. The van der Waals surface area contributed by atoms with Crippen molar-refractivity contribution in [3.8, 4) is 11.3 Å². The Balaban J connectivity index is 1.96. The van der Waals surface area contributed by atoms with Crippen molar-refractivity contribution in [2.24, 2.45) is 5.73 Å². The molecule has 1 saturated heterocycles. The van der Waals surface area contributed by atoms with Crippen LogP contribution in [0, 0.1) is 6.92 Å². The molecule has 27 heavy (non-hydrogen) atoms. The number of hydrogen-bond donors (Lipinski definition) is 2. The first kappa shape index (κ1) is 19.0. The van der Waals surface area contributed by atoms with Crippen LogP contribution in [0.5, 0.6) is 0 Å². The number of aryl methyl sites for hydroxylation is 1. The summed E-state index contributed by atoms with van der Waals surface area (Å²) in [5.74, 6) is 0.129. The van der Waals surface area contributed by atoms with Crippen molar-refractivity contribution in [3.63, 3.8) is 0 Å². The fourth-order valence-corrected chi connectivity index (χ4v) is 3.32. The Hall–Kier alpha value is -2.80. The summed E-state index contributed by atoms with van der Waals surface area (Å²) < 4.78 is 0. The molecular formula is C20H25N5O2. The van der Waals surface area contributed by atoms with Crippen LogP contribution in [0.1, 0.15) is 36.5 Å². The number of benzene rings is 1. The van der Waals surface area contributed by atoms with Crippen LogP contribution in [0.3, 0.4) is 0 Å². The number of nitrogens with zero attached hydrogens (tertiary/aromatic N) is 3. The van der Waals surface area contributed by atoms with Gasteiger partial charge in [-0.05, 0) is 27.2 Å². The molecule has 7 heteroatoms. The highest BCUT2D eigenvalue weighted by Crippen LogP contribution is 2.26. The van der Waals surface area contributed by atoms with E-state index in [4.69, 9.17) is 5.73 Å². The summed E-state index contributed by atoms with van der Waals surface area (Å²) in [6.07, 6.45) is 1.98. The number of aromatic nitrogens is 2. The molecule has 2 aromatic rings. The van der Waals surface area contributed by atoms with E-state index < -0.39 is 6.04 Å². The standard InChI is InChI=1S/C20H25N5O2/c1-12(2)23-19(26)17-9-15(21)11-25(17)20(27)16-10-22-13(3)24-18(16)14-7-5-4-6-8-14/h4-8,10,12,15,17H,9,11,21H2,1-3H3,(H,23,26). The molecule has 1 fully saturated rings. The summed E-state index contributed by atoms with van der Waals surface area (Å²) in [6.45, 7) is 5.89. The molecule has 1 aromatic heterocycles. The predicted molar refractivity (Wildman–Crippen MR) is 103 cm³/mol. The van der Waals surface area contributed by atoms with Crippen LogP contribution in [-0.4, -0.2) is 51.4 Å². The molecular weight excluding hydrogens is 342 g/mol. The molecule has 0 spiro atoms. The lowest BCUT2D eigenvalue weighted by molar-refractivity contribution is -0.125. The Labute approximate surface area is 159 Å². The molecule has 0 radical (unpaired) electrons. The Morgan fingerprint density at radius 3 is 2.63 bits per heavy atom. The van der Waals surface area contributed by atoms with Gasteiger partial charge in [-0.15, -0.1) is 0 Å². The molecule has 3 N–H and O–H groups in total. The second-order valence-electron chi connectivity index (χ2n) is 7.18. The molecule has 2 atom stereocenters. The average molecular weight is 367 g/mol. The van der Waals surface area contributed by atoms with Crippen LogP contribution < -0.4 is 11.1 Å². The first-order chi connectivity index (χ1) is 12.9. The third-order valence-corrected chi connectivity index (χ3v) is 4.51. The predicted octanol–water partition coefficient (Wildman–Crippen LogP) is 1.52. The molecule has 1 aliphatic heterocycles. The number of rotatable bonds is 4. The van der Waals surface area contributed by atoms with Crippen LogP contribution in [0.2, 0.25) is 0 Å². The van der Waals surface area contributed by atoms with Crippen LogP contribution >= 0.6 is 0 Å². The van der Waals surface area contributed by atoms with Gasteiger partial charge in [0.2, 0.25) is 5.91 Å². The molecule has 0 aliphatic carbocycles. The molecule has 1 aliphatic rings. The minimum absolute atomic E-state index is 0.00568. The van der Waals surface area contributed by atoms with Crippen molar-refractivity contribution < 1.29 is 9.59 Å². The maximum atomic E-state index is 13.3. The minimum Gasteiger partial charge on any atom is -0.352 e. The average Bonchev–Trinajstić information content (AvgIpc) is 3.03. The molecule has 0 saturated carbocycles. The van der Waals surface area contributed by atoms with Gasteiger partial charge in [-0.3, -0.25) is 9.59 Å². The number of carbonyl (C=O) groups is 2. The minimum atomic E-state index is -0.583. The van der Waals surface area contributed by atoms with Crippen molar-refractivity contribution >= 4 is 11.8 Å². The van der Waals surface area contributed by atoms with Crippen molar-refractivity contribution in [2.45, 2.75) is 45.3 Å². The van der Waals surface area contributed by atoms with E-state index >= 15 is 0 Å². The van der Waals surface area contributed by atoms with Gasteiger partial charge in [-0.25, -0.2) is 9.97 Å². The van der Waals surface area contributed by atoms with Crippen LogP contribution in [0.25, 0.3) is 11.3 Å². The number of likely N-dealkylation sites (tertiary alicyclic amines) is 1. The Kier molecular flexibility index (Phi) is 5.51. The van der Waals surface area contributed by atoms with Crippen molar-refractivity contribution in [3.05, 3.63) is 47.9 Å². The van der Waals surface area contributed by atoms with Gasteiger partial charge in [0.25, 0.3) is 5.91 Å². The Morgan fingerprint density at radius 2 is 1.96 bits per heavy atom. The van der Waals surface area contributed by atoms with E-state index in [0.29, 0.717) is 30.0 Å². The highest BCUT2D eigenvalue weighted by molar-refractivity contribution is 6.02. The van der Waals surface area contributed by atoms with Gasteiger partial charge >= 0.3 is 0 Å². The van der Waals surface area contributed by atoms with Gasteiger partial charge in [0.15, 0.2) is 0 Å². The summed E-state index contributed by atoms with van der Waals surface area (Å²) in [5.41, 5.74) is 7.84. The van der Waals surface area contributed by atoms with Gasteiger partial charge < -0.3 is 16.0 Å². The number of carbonyl (C=O) groups excluding carboxylic acids is 2. The maximum absolute atomic E-state index is 13.3.